The molecule has 1 fully saturated rings. The number of esters is 1. The van der Waals surface area contributed by atoms with Crippen LogP contribution in [0.25, 0.3) is 33.4 Å². The Bertz CT molecular complexity index is 1530. The number of aromatic nitrogens is 4. The van der Waals surface area contributed by atoms with Gasteiger partial charge >= 0.3 is 5.97 Å². The molecule has 0 aliphatic carbocycles. The summed E-state index contributed by atoms with van der Waals surface area (Å²) in [5, 5.41) is 8.24. The highest BCUT2D eigenvalue weighted by Gasteiger charge is 2.25. The van der Waals surface area contributed by atoms with Gasteiger partial charge in [0.05, 0.1) is 42.8 Å². The van der Waals surface area contributed by atoms with Gasteiger partial charge < -0.3 is 19.8 Å². The highest BCUT2D eigenvalue weighted by atomic mass is 16.5. The normalized spacial score (nSPS) is 13.5. The molecule has 190 valence electrons. The number of carbonyl (C=O) groups is 2. The number of aryl methyl sites for hydroxylation is 2. The molecular formula is C28H29N5O4. The van der Waals surface area contributed by atoms with E-state index in [2.05, 4.69) is 27.0 Å². The van der Waals surface area contributed by atoms with Crippen molar-refractivity contribution in [1.82, 2.24) is 19.7 Å². The molecule has 0 radical (unpaired) electrons. The Hall–Kier alpha value is -4.24. The number of rotatable bonds is 7. The van der Waals surface area contributed by atoms with E-state index in [1.807, 2.05) is 63.0 Å². The Balaban J connectivity index is 1.73. The van der Waals surface area contributed by atoms with Gasteiger partial charge in [-0.3, -0.25) is 9.48 Å². The Labute approximate surface area is 214 Å². The van der Waals surface area contributed by atoms with E-state index in [0.29, 0.717) is 30.1 Å². The molecule has 37 heavy (non-hydrogen) atoms. The van der Waals surface area contributed by atoms with Crippen molar-refractivity contribution in [1.29, 1.82) is 0 Å². The molecule has 4 heterocycles. The fourth-order valence-corrected chi connectivity index (χ4v) is 4.44. The molecule has 0 atom stereocenters. The van der Waals surface area contributed by atoms with Crippen LogP contribution in [-0.4, -0.2) is 50.9 Å². The zero-order valence-corrected chi connectivity index (χ0v) is 21.3. The van der Waals surface area contributed by atoms with Crippen LogP contribution in [0, 0.1) is 13.8 Å². The number of pyridine rings is 1. The van der Waals surface area contributed by atoms with Crippen molar-refractivity contribution in [3.05, 3.63) is 66.1 Å². The van der Waals surface area contributed by atoms with Crippen LogP contribution in [-0.2, 0) is 14.3 Å². The lowest BCUT2D eigenvalue weighted by atomic mass is 9.95. The summed E-state index contributed by atoms with van der Waals surface area (Å²) in [5.41, 5.74) is 6.79. The molecular weight excluding hydrogens is 470 g/mol. The number of carbonyl (C=O) groups excluding carboxylic acids is 2. The predicted octanol–water partition coefficient (Wildman–Crippen LogP) is 4.97. The summed E-state index contributed by atoms with van der Waals surface area (Å²) < 4.78 is 12.7. The van der Waals surface area contributed by atoms with Gasteiger partial charge in [0.15, 0.2) is 0 Å². The quantitative estimate of drug-likeness (QED) is 0.274. The van der Waals surface area contributed by atoms with Gasteiger partial charge in [-0.2, -0.15) is 5.10 Å². The molecule has 2 N–H and O–H groups in total. The lowest BCUT2D eigenvalue weighted by molar-refractivity contribution is -0.111. The van der Waals surface area contributed by atoms with Gasteiger partial charge in [0.1, 0.15) is 5.65 Å². The fourth-order valence-electron chi connectivity index (χ4n) is 4.44. The molecule has 1 aromatic carbocycles. The first-order valence-corrected chi connectivity index (χ1v) is 12.2. The van der Waals surface area contributed by atoms with E-state index in [-0.39, 0.29) is 18.1 Å². The lowest BCUT2D eigenvalue weighted by Crippen LogP contribution is -2.30. The SMILES string of the molecule is C=CC(=O)Nc1cc(-c2c(-c3cnn(C4COC4)c3)[nH]c3ncc(C(=O)OC(C)C)c(C)c23)ccc1C. The van der Waals surface area contributed by atoms with Crippen molar-refractivity contribution >= 4 is 28.6 Å². The van der Waals surface area contributed by atoms with Crippen molar-refractivity contribution in [2.45, 2.75) is 39.8 Å². The summed E-state index contributed by atoms with van der Waals surface area (Å²) in [6, 6.07) is 6.07. The molecule has 0 saturated carbocycles. The average molecular weight is 500 g/mol. The Morgan fingerprint density at radius 3 is 2.70 bits per heavy atom. The Morgan fingerprint density at radius 2 is 2.03 bits per heavy atom. The summed E-state index contributed by atoms with van der Waals surface area (Å²) in [4.78, 5) is 33.0. The third kappa shape index (κ3) is 4.53. The predicted molar refractivity (Wildman–Crippen MR) is 141 cm³/mol. The first-order chi connectivity index (χ1) is 17.8. The van der Waals surface area contributed by atoms with Crippen molar-refractivity contribution in [3.63, 3.8) is 0 Å². The minimum atomic E-state index is -0.420. The number of fused-ring (bicyclic) bond motifs is 1. The van der Waals surface area contributed by atoms with Crippen LogP contribution in [0.1, 0.15) is 41.4 Å². The van der Waals surface area contributed by atoms with Crippen molar-refractivity contribution in [3.8, 4) is 22.4 Å². The first-order valence-electron chi connectivity index (χ1n) is 12.2. The molecule has 0 unspecified atom stereocenters. The van der Waals surface area contributed by atoms with Gasteiger partial charge in [0, 0.05) is 34.6 Å². The maximum absolute atomic E-state index is 12.9. The van der Waals surface area contributed by atoms with Gasteiger partial charge in [-0.1, -0.05) is 18.7 Å². The molecule has 0 bridgehead atoms. The number of nitrogens with one attached hydrogen (secondary N) is 2. The van der Waals surface area contributed by atoms with Gasteiger partial charge in [0.2, 0.25) is 5.91 Å². The molecule has 4 aromatic rings. The van der Waals surface area contributed by atoms with Gasteiger partial charge in [-0.25, -0.2) is 9.78 Å². The number of H-pyrrole nitrogens is 1. The van der Waals surface area contributed by atoms with E-state index in [1.54, 1.807) is 6.20 Å². The second-order valence-electron chi connectivity index (χ2n) is 9.47. The zero-order chi connectivity index (χ0) is 26.3. The summed E-state index contributed by atoms with van der Waals surface area (Å²) >= 11 is 0. The summed E-state index contributed by atoms with van der Waals surface area (Å²) in [7, 11) is 0. The lowest BCUT2D eigenvalue weighted by Gasteiger charge is -2.25. The molecule has 1 saturated heterocycles. The van der Waals surface area contributed by atoms with Gasteiger partial charge in [-0.05, 0) is 56.5 Å². The number of hydrogen-bond acceptors (Lipinski definition) is 6. The maximum Gasteiger partial charge on any atom is 0.340 e. The van der Waals surface area contributed by atoms with Crippen molar-refractivity contribution < 1.29 is 19.1 Å². The minimum absolute atomic E-state index is 0.207. The number of anilines is 1. The van der Waals surface area contributed by atoms with E-state index in [0.717, 1.165) is 38.9 Å². The van der Waals surface area contributed by atoms with Crippen LogP contribution in [0.5, 0.6) is 0 Å². The monoisotopic (exact) mass is 499 g/mol. The third-order valence-electron chi connectivity index (χ3n) is 6.50. The Morgan fingerprint density at radius 1 is 1.24 bits per heavy atom. The van der Waals surface area contributed by atoms with Crippen LogP contribution in [0.15, 0.2) is 49.4 Å². The molecule has 0 spiro atoms. The minimum Gasteiger partial charge on any atom is -0.459 e. The highest BCUT2D eigenvalue weighted by molar-refractivity contribution is 6.08. The Kier molecular flexibility index (Phi) is 6.39. The number of ether oxygens (including phenoxy) is 2. The second kappa shape index (κ2) is 9.67. The van der Waals surface area contributed by atoms with Crippen molar-refractivity contribution in [2.75, 3.05) is 18.5 Å². The van der Waals surface area contributed by atoms with Crippen LogP contribution >= 0.6 is 0 Å². The number of benzene rings is 1. The van der Waals surface area contributed by atoms with E-state index in [4.69, 9.17) is 9.47 Å². The highest BCUT2D eigenvalue weighted by Crippen LogP contribution is 2.41. The molecule has 1 aliphatic rings. The maximum atomic E-state index is 12.9. The van der Waals surface area contributed by atoms with Crippen LogP contribution < -0.4 is 5.32 Å². The number of aromatic amines is 1. The third-order valence-corrected chi connectivity index (χ3v) is 6.50. The fraction of sp³-hybridized carbons (Fsp3) is 0.286. The van der Waals surface area contributed by atoms with Crippen LogP contribution in [0.3, 0.4) is 0 Å². The van der Waals surface area contributed by atoms with Crippen molar-refractivity contribution in [2.24, 2.45) is 0 Å². The topological polar surface area (TPSA) is 111 Å². The number of nitrogens with zero attached hydrogens (tertiary/aromatic N) is 3. The smallest absolute Gasteiger partial charge is 0.340 e. The zero-order valence-electron chi connectivity index (χ0n) is 21.3. The number of hydrogen-bond donors (Lipinski definition) is 2. The molecule has 9 nitrogen and oxygen atoms in total. The summed E-state index contributed by atoms with van der Waals surface area (Å²) in [6.07, 6.45) is 6.33. The van der Waals surface area contributed by atoms with Gasteiger partial charge in [0.25, 0.3) is 0 Å². The summed E-state index contributed by atoms with van der Waals surface area (Å²) in [5.74, 6) is -0.712. The molecule has 1 amide bonds. The first kappa shape index (κ1) is 24.5. The summed E-state index contributed by atoms with van der Waals surface area (Å²) in [6.45, 7) is 12.3. The molecule has 3 aromatic heterocycles. The molecule has 9 heteroatoms. The van der Waals surface area contributed by atoms with E-state index in [1.165, 1.54) is 6.08 Å². The van der Waals surface area contributed by atoms with E-state index in [9.17, 15) is 9.59 Å². The average Bonchev–Trinajstić information content (AvgIpc) is 3.44. The van der Waals surface area contributed by atoms with Crippen LogP contribution in [0.4, 0.5) is 5.69 Å². The van der Waals surface area contributed by atoms with E-state index >= 15 is 0 Å². The molecule has 5 rings (SSSR count). The molecule has 1 aliphatic heterocycles. The largest absolute Gasteiger partial charge is 0.459 e. The standard InChI is InChI=1S/C28H29N5O4/c1-6-23(34)31-22-9-18(8-7-16(22)4)25-24-17(5)21(28(35)37-15(2)3)11-29-27(24)32-26(25)19-10-30-33(12-19)20-13-36-14-20/h6-12,15,20H,1,13-14H2,2-5H3,(H,29,32)(H,31,34). The second-order valence-corrected chi connectivity index (χ2v) is 9.47. The van der Waals surface area contributed by atoms with Gasteiger partial charge in [-0.15, -0.1) is 0 Å². The van der Waals surface area contributed by atoms with E-state index < -0.39 is 5.97 Å². The van der Waals surface area contributed by atoms with Crippen LogP contribution in [0.2, 0.25) is 0 Å². The number of amides is 1.